The highest BCUT2D eigenvalue weighted by Crippen LogP contribution is 2.25. The Labute approximate surface area is 165 Å². The quantitative estimate of drug-likeness (QED) is 0.686. The molecule has 0 radical (unpaired) electrons. The van der Waals surface area contributed by atoms with Crippen LogP contribution in [-0.2, 0) is 4.79 Å². The molecule has 0 saturated heterocycles. The summed E-state index contributed by atoms with van der Waals surface area (Å²) in [6.07, 6.45) is 1.45. The van der Waals surface area contributed by atoms with Crippen LogP contribution in [-0.4, -0.2) is 26.6 Å². The van der Waals surface area contributed by atoms with Crippen molar-refractivity contribution in [2.75, 3.05) is 10.6 Å². The number of carbonyl (C=O) groups excluding carboxylic acids is 2. The molecule has 0 fully saturated rings. The van der Waals surface area contributed by atoms with Gasteiger partial charge in [-0.05, 0) is 31.2 Å². The van der Waals surface area contributed by atoms with E-state index in [0.29, 0.717) is 38.6 Å². The molecule has 0 unspecified atom stereocenters. The first kappa shape index (κ1) is 18.9. The molecule has 0 aliphatic rings. The summed E-state index contributed by atoms with van der Waals surface area (Å²) in [6.45, 7) is 3.18. The zero-order chi connectivity index (χ0) is 19.6. The number of halogens is 2. The monoisotopic (exact) mass is 403 g/mol. The lowest BCUT2D eigenvalue weighted by Crippen LogP contribution is -2.16. The molecule has 0 aliphatic carbocycles. The summed E-state index contributed by atoms with van der Waals surface area (Å²) in [6, 6.07) is 9.84. The average Bonchev–Trinajstić information content (AvgIpc) is 2.94. The number of aromatic nitrogens is 3. The average molecular weight is 404 g/mol. The molecule has 2 heterocycles. The molecule has 27 heavy (non-hydrogen) atoms. The number of hydrogen-bond donors (Lipinski definition) is 2. The van der Waals surface area contributed by atoms with Crippen LogP contribution in [0.3, 0.4) is 0 Å². The van der Waals surface area contributed by atoms with Crippen LogP contribution in [0.25, 0.3) is 5.82 Å². The third kappa shape index (κ3) is 4.45. The van der Waals surface area contributed by atoms with Crippen molar-refractivity contribution in [2.45, 2.75) is 13.8 Å². The normalized spacial score (nSPS) is 10.5. The predicted octanol–water partition coefficient (Wildman–Crippen LogP) is 4.09. The van der Waals surface area contributed by atoms with Gasteiger partial charge in [-0.1, -0.05) is 29.3 Å². The SMILES string of the molecule is CC(=O)Nc1cccc(C(=O)Nc2cc(C)nn2-c2ncc(Cl)cc2Cl)c1. The van der Waals surface area contributed by atoms with Gasteiger partial charge in [0.1, 0.15) is 5.82 Å². The van der Waals surface area contributed by atoms with Crippen LogP contribution in [0, 0.1) is 6.92 Å². The molecule has 2 amide bonds. The van der Waals surface area contributed by atoms with Gasteiger partial charge in [-0.25, -0.2) is 4.98 Å². The van der Waals surface area contributed by atoms with Crippen molar-refractivity contribution < 1.29 is 9.59 Å². The second-order valence-corrected chi connectivity index (χ2v) is 6.60. The van der Waals surface area contributed by atoms with Crippen LogP contribution in [0.5, 0.6) is 0 Å². The van der Waals surface area contributed by atoms with Crippen molar-refractivity contribution >= 4 is 46.5 Å². The molecule has 2 aromatic heterocycles. The van der Waals surface area contributed by atoms with Gasteiger partial charge in [0.05, 0.1) is 15.7 Å². The number of benzene rings is 1. The Hall–Kier alpha value is -2.90. The number of aryl methyl sites for hydroxylation is 1. The van der Waals surface area contributed by atoms with Crippen LogP contribution in [0.1, 0.15) is 23.0 Å². The summed E-state index contributed by atoms with van der Waals surface area (Å²) in [7, 11) is 0. The lowest BCUT2D eigenvalue weighted by atomic mass is 10.2. The summed E-state index contributed by atoms with van der Waals surface area (Å²) < 4.78 is 1.43. The Balaban J connectivity index is 1.90. The van der Waals surface area contributed by atoms with Crippen molar-refractivity contribution in [3.05, 3.63) is 63.9 Å². The van der Waals surface area contributed by atoms with E-state index in [-0.39, 0.29) is 11.8 Å². The zero-order valence-corrected chi connectivity index (χ0v) is 16.0. The fourth-order valence-electron chi connectivity index (χ4n) is 2.44. The molecule has 3 aromatic rings. The minimum absolute atomic E-state index is 0.218. The summed E-state index contributed by atoms with van der Waals surface area (Å²) in [5, 5.41) is 10.5. The number of anilines is 2. The fourth-order valence-corrected chi connectivity index (χ4v) is 2.90. The maximum atomic E-state index is 12.6. The van der Waals surface area contributed by atoms with E-state index in [0.717, 1.165) is 0 Å². The van der Waals surface area contributed by atoms with Gasteiger partial charge in [-0.3, -0.25) is 9.59 Å². The van der Waals surface area contributed by atoms with Crippen LogP contribution < -0.4 is 10.6 Å². The van der Waals surface area contributed by atoms with Crippen LogP contribution in [0.2, 0.25) is 10.0 Å². The summed E-state index contributed by atoms with van der Waals surface area (Å²) in [5.41, 5.74) is 1.58. The van der Waals surface area contributed by atoms with E-state index in [2.05, 4.69) is 20.7 Å². The number of nitrogens with one attached hydrogen (secondary N) is 2. The summed E-state index contributed by atoms with van der Waals surface area (Å²) in [4.78, 5) is 28.0. The van der Waals surface area contributed by atoms with Crippen molar-refractivity contribution in [1.29, 1.82) is 0 Å². The number of pyridine rings is 1. The van der Waals surface area contributed by atoms with E-state index in [1.807, 2.05) is 0 Å². The van der Waals surface area contributed by atoms with E-state index < -0.39 is 0 Å². The van der Waals surface area contributed by atoms with Gasteiger partial charge < -0.3 is 10.6 Å². The number of carbonyl (C=O) groups is 2. The standard InChI is InChI=1S/C18H15Cl2N5O2/c1-10-6-16(25(24-10)17-15(20)8-13(19)9-21-17)23-18(27)12-4-3-5-14(7-12)22-11(2)26/h3-9H,1-2H3,(H,22,26)(H,23,27). The summed E-state index contributed by atoms with van der Waals surface area (Å²) >= 11 is 12.1. The predicted molar refractivity (Wildman–Crippen MR) is 105 cm³/mol. The molecule has 0 spiro atoms. The van der Waals surface area contributed by atoms with E-state index in [1.54, 1.807) is 43.3 Å². The second-order valence-electron chi connectivity index (χ2n) is 5.76. The zero-order valence-electron chi connectivity index (χ0n) is 14.5. The topological polar surface area (TPSA) is 88.9 Å². The third-order valence-electron chi connectivity index (χ3n) is 3.51. The van der Waals surface area contributed by atoms with Crippen molar-refractivity contribution in [3.63, 3.8) is 0 Å². The van der Waals surface area contributed by atoms with E-state index in [1.165, 1.54) is 17.8 Å². The lowest BCUT2D eigenvalue weighted by Gasteiger charge is -2.10. The Bertz CT molecular complexity index is 1030. The molecule has 3 rings (SSSR count). The molecule has 0 aliphatic heterocycles. The Kier molecular flexibility index (Phi) is 5.43. The Morgan fingerprint density at radius 1 is 1.11 bits per heavy atom. The maximum absolute atomic E-state index is 12.6. The van der Waals surface area contributed by atoms with Crippen molar-refractivity contribution in [3.8, 4) is 5.82 Å². The number of nitrogens with zero attached hydrogens (tertiary/aromatic N) is 3. The van der Waals surface area contributed by atoms with E-state index in [4.69, 9.17) is 23.2 Å². The van der Waals surface area contributed by atoms with Crippen molar-refractivity contribution in [1.82, 2.24) is 14.8 Å². The first-order chi connectivity index (χ1) is 12.8. The minimum Gasteiger partial charge on any atom is -0.326 e. The smallest absolute Gasteiger partial charge is 0.256 e. The summed E-state index contributed by atoms with van der Waals surface area (Å²) in [5.74, 6) is 0.161. The lowest BCUT2D eigenvalue weighted by molar-refractivity contribution is -0.114. The highest BCUT2D eigenvalue weighted by Gasteiger charge is 2.16. The molecule has 0 bridgehead atoms. The Morgan fingerprint density at radius 3 is 2.59 bits per heavy atom. The first-order valence-electron chi connectivity index (χ1n) is 7.90. The number of hydrogen-bond acceptors (Lipinski definition) is 4. The molecule has 1 aromatic carbocycles. The van der Waals surface area contributed by atoms with Crippen LogP contribution in [0.15, 0.2) is 42.6 Å². The van der Waals surface area contributed by atoms with Gasteiger partial charge in [0.15, 0.2) is 5.82 Å². The molecule has 138 valence electrons. The van der Waals surface area contributed by atoms with Gasteiger partial charge in [-0.15, -0.1) is 0 Å². The third-order valence-corrected chi connectivity index (χ3v) is 3.99. The maximum Gasteiger partial charge on any atom is 0.256 e. The molecular formula is C18H15Cl2N5O2. The molecule has 2 N–H and O–H groups in total. The van der Waals surface area contributed by atoms with Gasteiger partial charge >= 0.3 is 0 Å². The van der Waals surface area contributed by atoms with Gasteiger partial charge in [0, 0.05) is 30.4 Å². The second kappa shape index (κ2) is 7.77. The Morgan fingerprint density at radius 2 is 1.89 bits per heavy atom. The highest BCUT2D eigenvalue weighted by atomic mass is 35.5. The molecule has 0 saturated carbocycles. The molecular weight excluding hydrogens is 389 g/mol. The fraction of sp³-hybridized carbons (Fsp3) is 0.111. The van der Waals surface area contributed by atoms with E-state index in [9.17, 15) is 9.59 Å². The molecule has 9 heteroatoms. The van der Waals surface area contributed by atoms with Crippen LogP contribution >= 0.6 is 23.2 Å². The largest absolute Gasteiger partial charge is 0.326 e. The van der Waals surface area contributed by atoms with Crippen molar-refractivity contribution in [2.24, 2.45) is 0 Å². The first-order valence-corrected chi connectivity index (χ1v) is 8.66. The van der Waals surface area contributed by atoms with Gasteiger partial charge in [-0.2, -0.15) is 9.78 Å². The number of rotatable bonds is 4. The van der Waals surface area contributed by atoms with E-state index >= 15 is 0 Å². The van der Waals surface area contributed by atoms with Gasteiger partial charge in [0.25, 0.3) is 5.91 Å². The highest BCUT2D eigenvalue weighted by molar-refractivity contribution is 6.35. The van der Waals surface area contributed by atoms with Gasteiger partial charge in [0.2, 0.25) is 5.91 Å². The minimum atomic E-state index is -0.367. The number of amides is 2. The van der Waals surface area contributed by atoms with Crippen LogP contribution in [0.4, 0.5) is 11.5 Å². The molecule has 0 atom stereocenters. The molecule has 7 nitrogen and oxygen atoms in total.